The predicted molar refractivity (Wildman–Crippen MR) is 115 cm³/mol. The Bertz CT molecular complexity index is 1070. The number of nitrogens with zero attached hydrogens (tertiary/aromatic N) is 2. The average Bonchev–Trinajstić information content (AvgIpc) is 3.28. The van der Waals surface area contributed by atoms with Crippen molar-refractivity contribution in [3.05, 3.63) is 76.9 Å². The topological polar surface area (TPSA) is 92.1 Å². The fraction of sp³-hybridized carbons (Fsp3) is 0.217. The van der Waals surface area contributed by atoms with Gasteiger partial charge in [0.2, 0.25) is 0 Å². The number of ether oxygens (including phenoxy) is 1. The number of amides is 1. The Kier molecular flexibility index (Phi) is 6.94. The first-order valence-corrected chi connectivity index (χ1v) is 10.2. The Hall–Kier alpha value is -3.50. The van der Waals surface area contributed by atoms with E-state index in [9.17, 15) is 9.59 Å². The highest BCUT2D eigenvalue weighted by Crippen LogP contribution is 2.27. The zero-order chi connectivity index (χ0) is 21.5. The number of carbonyl (C=O) groups is 2. The Balaban J connectivity index is 1.73. The van der Waals surface area contributed by atoms with E-state index < -0.39 is 17.9 Å². The van der Waals surface area contributed by atoms with E-state index >= 15 is 0 Å². The first kappa shape index (κ1) is 21.2. The summed E-state index contributed by atoms with van der Waals surface area (Å²) in [6.45, 7) is 1.78. The number of aromatic nitrogens is 1. The number of carbonyl (C=O) groups excluding carboxylic acids is 2. The molecule has 6 nitrogen and oxygen atoms in total. The lowest BCUT2D eigenvalue weighted by atomic mass is 9.92. The summed E-state index contributed by atoms with van der Waals surface area (Å²) in [6, 6.07) is 16.1. The largest absolute Gasteiger partial charge is 0.469 e. The van der Waals surface area contributed by atoms with Crippen LogP contribution in [0.2, 0.25) is 0 Å². The molecule has 7 heteroatoms. The highest BCUT2D eigenvalue weighted by molar-refractivity contribution is 7.17. The number of thiophene rings is 1. The van der Waals surface area contributed by atoms with Gasteiger partial charge in [0.05, 0.1) is 29.5 Å². The molecule has 0 aliphatic heterocycles. The third kappa shape index (κ3) is 5.10. The average molecular weight is 420 g/mol. The Morgan fingerprint density at radius 2 is 2.07 bits per heavy atom. The lowest BCUT2D eigenvalue weighted by molar-refractivity contribution is -0.146. The molecule has 0 spiro atoms. The molecule has 0 saturated carbocycles. The van der Waals surface area contributed by atoms with Crippen LogP contribution in [0.5, 0.6) is 0 Å². The van der Waals surface area contributed by atoms with E-state index in [0.717, 1.165) is 16.0 Å². The van der Waals surface area contributed by atoms with Gasteiger partial charge >= 0.3 is 5.97 Å². The lowest BCUT2D eigenvalue weighted by Crippen LogP contribution is -2.42. The molecule has 3 aromatic rings. The van der Waals surface area contributed by atoms with Crippen molar-refractivity contribution in [3.63, 3.8) is 0 Å². The number of nitrogens with one attached hydrogen (secondary N) is 1. The Morgan fingerprint density at radius 3 is 2.77 bits per heavy atom. The molecule has 0 saturated heterocycles. The molecule has 0 aliphatic carbocycles. The van der Waals surface area contributed by atoms with Gasteiger partial charge in [-0.2, -0.15) is 5.26 Å². The number of pyridine rings is 1. The van der Waals surface area contributed by atoms with Crippen LogP contribution >= 0.6 is 11.3 Å². The van der Waals surface area contributed by atoms with Crippen LogP contribution in [-0.4, -0.2) is 30.0 Å². The summed E-state index contributed by atoms with van der Waals surface area (Å²) in [6.07, 6.45) is 3.81. The zero-order valence-electron chi connectivity index (χ0n) is 16.7. The molecular weight excluding hydrogens is 398 g/mol. The molecule has 2 atom stereocenters. The van der Waals surface area contributed by atoms with Gasteiger partial charge in [0, 0.05) is 28.9 Å². The highest BCUT2D eigenvalue weighted by Gasteiger charge is 2.28. The van der Waals surface area contributed by atoms with E-state index in [4.69, 9.17) is 10.00 Å². The SMILES string of the molecule is COC(=O)C(Cc1cccc(C#N)c1)C(C)NC(=O)c1ccc(-c2cccnc2)s1. The maximum atomic E-state index is 12.8. The fourth-order valence-corrected chi connectivity index (χ4v) is 4.04. The molecule has 152 valence electrons. The second-order valence-corrected chi connectivity index (χ2v) is 7.90. The Labute approximate surface area is 179 Å². The van der Waals surface area contributed by atoms with E-state index in [1.165, 1.54) is 18.4 Å². The second-order valence-electron chi connectivity index (χ2n) is 6.81. The number of nitriles is 1. The van der Waals surface area contributed by atoms with Crippen LogP contribution in [0.3, 0.4) is 0 Å². The number of methoxy groups -OCH3 is 1. The van der Waals surface area contributed by atoms with Crippen molar-refractivity contribution in [1.82, 2.24) is 10.3 Å². The van der Waals surface area contributed by atoms with Crippen molar-refractivity contribution in [3.8, 4) is 16.5 Å². The molecule has 0 radical (unpaired) electrons. The van der Waals surface area contributed by atoms with Crippen LogP contribution in [0.1, 0.15) is 27.7 Å². The molecule has 2 unspecified atom stereocenters. The third-order valence-corrected chi connectivity index (χ3v) is 5.89. The predicted octanol–water partition coefficient (Wildman–Crippen LogP) is 3.83. The molecular formula is C23H21N3O3S. The lowest BCUT2D eigenvalue weighted by Gasteiger charge is -2.23. The summed E-state index contributed by atoms with van der Waals surface area (Å²) in [5, 5.41) is 12.0. The maximum absolute atomic E-state index is 12.8. The second kappa shape index (κ2) is 9.81. The minimum absolute atomic E-state index is 0.248. The molecule has 0 bridgehead atoms. The summed E-state index contributed by atoms with van der Waals surface area (Å²) in [4.78, 5) is 30.7. The Morgan fingerprint density at radius 1 is 1.23 bits per heavy atom. The first-order chi connectivity index (χ1) is 14.5. The van der Waals surface area contributed by atoms with Crippen LogP contribution < -0.4 is 5.32 Å². The molecule has 1 aromatic carbocycles. The van der Waals surface area contributed by atoms with Crippen molar-refractivity contribution in [2.45, 2.75) is 19.4 Å². The molecule has 1 N–H and O–H groups in total. The molecule has 3 rings (SSSR count). The van der Waals surface area contributed by atoms with Crippen molar-refractivity contribution in [1.29, 1.82) is 5.26 Å². The summed E-state index contributed by atoms with van der Waals surface area (Å²) >= 11 is 1.37. The van der Waals surface area contributed by atoms with Gasteiger partial charge in [-0.25, -0.2) is 0 Å². The summed E-state index contributed by atoms with van der Waals surface area (Å²) in [5.74, 6) is -1.24. The van der Waals surface area contributed by atoms with Crippen molar-refractivity contribution >= 4 is 23.2 Å². The van der Waals surface area contributed by atoms with E-state index in [1.807, 2.05) is 24.3 Å². The van der Waals surface area contributed by atoms with Crippen molar-refractivity contribution < 1.29 is 14.3 Å². The highest BCUT2D eigenvalue weighted by atomic mass is 32.1. The van der Waals surface area contributed by atoms with Gasteiger partial charge in [0.1, 0.15) is 0 Å². The van der Waals surface area contributed by atoms with Crippen molar-refractivity contribution in [2.75, 3.05) is 7.11 Å². The van der Waals surface area contributed by atoms with E-state index in [-0.39, 0.29) is 5.91 Å². The van der Waals surface area contributed by atoms with Crippen LogP contribution in [0.4, 0.5) is 0 Å². The van der Waals surface area contributed by atoms with Crippen LogP contribution in [-0.2, 0) is 16.0 Å². The first-order valence-electron chi connectivity index (χ1n) is 9.39. The normalized spacial score (nSPS) is 12.4. The minimum Gasteiger partial charge on any atom is -0.469 e. The van der Waals surface area contributed by atoms with Crippen LogP contribution in [0.15, 0.2) is 60.9 Å². The number of hydrogen-bond donors (Lipinski definition) is 1. The molecule has 1 amide bonds. The molecule has 0 fully saturated rings. The third-order valence-electron chi connectivity index (χ3n) is 4.75. The van der Waals surface area contributed by atoms with E-state index in [0.29, 0.717) is 16.9 Å². The summed E-state index contributed by atoms with van der Waals surface area (Å²) < 4.78 is 4.95. The monoisotopic (exact) mass is 419 g/mol. The van der Waals surface area contributed by atoms with Gasteiger partial charge in [-0.15, -0.1) is 11.3 Å². The molecule has 2 aromatic heterocycles. The van der Waals surface area contributed by atoms with Crippen LogP contribution in [0, 0.1) is 17.2 Å². The van der Waals surface area contributed by atoms with Gasteiger partial charge in [-0.1, -0.05) is 18.2 Å². The standard InChI is InChI=1S/C23H21N3O3S/c1-15(19(23(28)29-2)12-16-5-3-6-17(11-16)13-24)26-22(27)21-9-8-20(30-21)18-7-4-10-25-14-18/h3-11,14-15,19H,12H2,1-2H3,(H,26,27). The number of benzene rings is 1. The molecule has 30 heavy (non-hydrogen) atoms. The van der Waals surface area contributed by atoms with Gasteiger partial charge < -0.3 is 10.1 Å². The maximum Gasteiger partial charge on any atom is 0.311 e. The van der Waals surface area contributed by atoms with Crippen LogP contribution in [0.25, 0.3) is 10.4 Å². The van der Waals surface area contributed by atoms with E-state index in [2.05, 4.69) is 16.4 Å². The molecule has 0 aliphatic rings. The summed E-state index contributed by atoms with van der Waals surface area (Å²) in [7, 11) is 1.33. The fourth-order valence-electron chi connectivity index (χ4n) is 3.14. The smallest absolute Gasteiger partial charge is 0.311 e. The van der Waals surface area contributed by atoms with Gasteiger partial charge in [0.25, 0.3) is 5.91 Å². The summed E-state index contributed by atoms with van der Waals surface area (Å²) in [5.41, 5.74) is 2.30. The number of rotatable bonds is 7. The number of esters is 1. The quantitative estimate of drug-likeness (QED) is 0.588. The minimum atomic E-state index is -0.578. The van der Waals surface area contributed by atoms with Gasteiger partial charge in [-0.3, -0.25) is 14.6 Å². The molecule has 2 heterocycles. The van der Waals surface area contributed by atoms with E-state index in [1.54, 1.807) is 43.6 Å². The van der Waals surface area contributed by atoms with Gasteiger partial charge in [0.15, 0.2) is 0 Å². The van der Waals surface area contributed by atoms with Gasteiger partial charge in [-0.05, 0) is 49.2 Å². The zero-order valence-corrected chi connectivity index (χ0v) is 17.5. The number of hydrogen-bond acceptors (Lipinski definition) is 6. The van der Waals surface area contributed by atoms with Crippen molar-refractivity contribution in [2.24, 2.45) is 5.92 Å².